The molecule has 2 rings (SSSR count). The Morgan fingerprint density at radius 3 is 1.92 bits per heavy atom. The standard InChI is InChI=1S/C24H31N3O4.C2HF3O2/c1-17(2)15-24(25,26-16-21(28)19-12-8-5-9-13-19)23(30)27-20(22(29)31-3)14-18-10-6-4-7-11-18;3-2(4,5)1(6)7/h4-13,17,20,26H,14-16,25H2,1-3H3,(H,27,30);(H,6,7). The van der Waals surface area contributed by atoms with Crippen molar-refractivity contribution in [3.8, 4) is 0 Å². The third-order valence-electron chi connectivity index (χ3n) is 5.11. The van der Waals surface area contributed by atoms with Crippen LogP contribution >= 0.6 is 0 Å². The largest absolute Gasteiger partial charge is 0.490 e. The molecule has 1 amide bonds. The number of carbonyl (C=O) groups excluding carboxylic acids is 3. The van der Waals surface area contributed by atoms with Gasteiger partial charge in [0.05, 0.1) is 13.7 Å². The zero-order valence-corrected chi connectivity index (χ0v) is 21.2. The van der Waals surface area contributed by atoms with Crippen LogP contribution in [0.2, 0.25) is 0 Å². The van der Waals surface area contributed by atoms with Crippen LogP contribution in [0.5, 0.6) is 0 Å². The second-order valence-electron chi connectivity index (χ2n) is 8.75. The number of methoxy groups -OCH3 is 1. The summed E-state index contributed by atoms with van der Waals surface area (Å²) in [7, 11) is 1.27. The monoisotopic (exact) mass is 539 g/mol. The number of esters is 1. The van der Waals surface area contributed by atoms with E-state index in [9.17, 15) is 27.6 Å². The van der Waals surface area contributed by atoms with Crippen LogP contribution in [0.3, 0.4) is 0 Å². The lowest BCUT2D eigenvalue weighted by Gasteiger charge is -2.32. The molecule has 9 nitrogen and oxygen atoms in total. The molecule has 2 aromatic carbocycles. The molecule has 0 saturated carbocycles. The summed E-state index contributed by atoms with van der Waals surface area (Å²) >= 11 is 0. The molecule has 12 heteroatoms. The maximum absolute atomic E-state index is 13.2. The van der Waals surface area contributed by atoms with Gasteiger partial charge in [0.25, 0.3) is 5.91 Å². The fraction of sp³-hybridized carbons (Fsp3) is 0.385. The zero-order valence-electron chi connectivity index (χ0n) is 21.2. The van der Waals surface area contributed by atoms with Crippen LogP contribution in [0.25, 0.3) is 0 Å². The molecule has 2 unspecified atom stereocenters. The molecular formula is C26H32F3N3O6. The van der Waals surface area contributed by atoms with Gasteiger partial charge in [0.1, 0.15) is 11.7 Å². The van der Waals surface area contributed by atoms with Gasteiger partial charge in [0, 0.05) is 12.0 Å². The fourth-order valence-corrected chi connectivity index (χ4v) is 3.33. The minimum atomic E-state index is -5.08. The molecule has 2 atom stereocenters. The zero-order chi connectivity index (χ0) is 28.9. The van der Waals surface area contributed by atoms with Crippen LogP contribution in [-0.2, 0) is 25.5 Å². The van der Waals surface area contributed by atoms with E-state index in [-0.39, 0.29) is 31.1 Å². The first kappa shape index (κ1) is 32.3. The molecule has 0 heterocycles. The van der Waals surface area contributed by atoms with Gasteiger partial charge in [-0.1, -0.05) is 74.5 Å². The summed E-state index contributed by atoms with van der Waals surface area (Å²) in [5.41, 5.74) is 6.30. The van der Waals surface area contributed by atoms with E-state index in [0.29, 0.717) is 5.56 Å². The molecule has 0 bridgehead atoms. The number of hydrogen-bond acceptors (Lipinski definition) is 7. The van der Waals surface area contributed by atoms with Crippen molar-refractivity contribution >= 4 is 23.6 Å². The molecule has 5 N–H and O–H groups in total. The van der Waals surface area contributed by atoms with Gasteiger partial charge in [-0.25, -0.2) is 9.59 Å². The molecule has 208 valence electrons. The van der Waals surface area contributed by atoms with E-state index in [4.69, 9.17) is 20.4 Å². The number of carboxylic acid groups (broad SMARTS) is 1. The Hall–Kier alpha value is -3.77. The lowest BCUT2D eigenvalue weighted by atomic mass is 9.95. The Kier molecular flexibility index (Phi) is 12.6. The Balaban J connectivity index is 0.000000905. The lowest BCUT2D eigenvalue weighted by molar-refractivity contribution is -0.192. The van der Waals surface area contributed by atoms with Crippen molar-refractivity contribution in [2.75, 3.05) is 13.7 Å². The maximum Gasteiger partial charge on any atom is 0.490 e. The van der Waals surface area contributed by atoms with Crippen molar-refractivity contribution < 1.29 is 42.2 Å². The topological polar surface area (TPSA) is 148 Å². The summed E-state index contributed by atoms with van der Waals surface area (Å²) in [6.45, 7) is 3.75. The molecule has 0 aromatic heterocycles. The lowest BCUT2D eigenvalue weighted by Crippen LogP contribution is -2.66. The van der Waals surface area contributed by atoms with Gasteiger partial charge < -0.3 is 20.9 Å². The van der Waals surface area contributed by atoms with Gasteiger partial charge in [-0.3, -0.25) is 14.9 Å². The molecule has 0 aliphatic heterocycles. The van der Waals surface area contributed by atoms with Crippen LogP contribution in [-0.4, -0.2) is 60.3 Å². The number of carboxylic acids is 1. The number of Topliss-reactive ketones (excluding diaryl/α,β-unsaturated/α-hetero) is 1. The predicted octanol–water partition coefficient (Wildman–Crippen LogP) is 2.69. The van der Waals surface area contributed by atoms with Gasteiger partial charge >= 0.3 is 18.1 Å². The molecule has 0 saturated heterocycles. The van der Waals surface area contributed by atoms with E-state index < -0.39 is 35.7 Å². The van der Waals surface area contributed by atoms with Crippen LogP contribution in [0, 0.1) is 5.92 Å². The summed E-state index contributed by atoms with van der Waals surface area (Å²) < 4.78 is 36.6. The van der Waals surface area contributed by atoms with E-state index in [0.717, 1.165) is 5.56 Å². The van der Waals surface area contributed by atoms with Crippen LogP contribution in [0.15, 0.2) is 60.7 Å². The highest BCUT2D eigenvalue weighted by atomic mass is 19.4. The summed E-state index contributed by atoms with van der Waals surface area (Å²) in [6, 6.07) is 17.2. The van der Waals surface area contributed by atoms with E-state index in [1.165, 1.54) is 7.11 Å². The molecule has 2 aromatic rings. The highest BCUT2D eigenvalue weighted by molar-refractivity contribution is 5.98. The van der Waals surface area contributed by atoms with Crippen molar-refractivity contribution in [1.29, 1.82) is 0 Å². The van der Waals surface area contributed by atoms with E-state index >= 15 is 0 Å². The van der Waals surface area contributed by atoms with E-state index in [1.807, 2.05) is 50.2 Å². The van der Waals surface area contributed by atoms with Gasteiger partial charge in [0.15, 0.2) is 5.78 Å². The Labute approximate surface area is 218 Å². The van der Waals surface area contributed by atoms with Crippen LogP contribution < -0.4 is 16.4 Å². The number of carbonyl (C=O) groups is 4. The average molecular weight is 540 g/mol. The Bertz CT molecular complexity index is 1060. The minimum absolute atomic E-state index is 0.0702. The number of nitrogens with two attached hydrogens (primary N) is 1. The number of ether oxygens (including phenoxy) is 1. The summed E-state index contributed by atoms with van der Waals surface area (Å²) in [4.78, 5) is 46.8. The third-order valence-corrected chi connectivity index (χ3v) is 5.11. The average Bonchev–Trinajstić information content (AvgIpc) is 2.86. The summed E-state index contributed by atoms with van der Waals surface area (Å²) in [5.74, 6) is -3.99. The number of benzene rings is 2. The quantitative estimate of drug-likeness (QED) is 0.194. The number of amides is 1. The van der Waals surface area contributed by atoms with Crippen molar-refractivity contribution in [1.82, 2.24) is 10.6 Å². The SMILES string of the molecule is COC(=O)C(Cc1ccccc1)NC(=O)C(N)(CC(C)C)NCC(=O)c1ccccc1.O=C(O)C(F)(F)F. The number of ketones is 1. The minimum Gasteiger partial charge on any atom is -0.475 e. The number of hydrogen-bond donors (Lipinski definition) is 4. The molecule has 0 aliphatic carbocycles. The molecule has 0 spiro atoms. The second-order valence-corrected chi connectivity index (χ2v) is 8.75. The molecule has 0 fully saturated rings. The molecule has 0 radical (unpaired) electrons. The Morgan fingerprint density at radius 2 is 1.47 bits per heavy atom. The fourth-order valence-electron chi connectivity index (χ4n) is 3.33. The predicted molar refractivity (Wildman–Crippen MR) is 133 cm³/mol. The molecule has 0 aliphatic rings. The number of alkyl halides is 3. The third kappa shape index (κ3) is 11.1. The maximum atomic E-state index is 13.2. The van der Waals surface area contributed by atoms with Gasteiger partial charge in [0.2, 0.25) is 0 Å². The number of nitrogens with one attached hydrogen (secondary N) is 2. The van der Waals surface area contributed by atoms with Crippen molar-refractivity contribution in [3.05, 3.63) is 71.8 Å². The van der Waals surface area contributed by atoms with Gasteiger partial charge in [-0.15, -0.1) is 0 Å². The molecular weight excluding hydrogens is 507 g/mol. The first-order valence-electron chi connectivity index (χ1n) is 11.5. The molecule has 38 heavy (non-hydrogen) atoms. The number of rotatable bonds is 11. The van der Waals surface area contributed by atoms with Gasteiger partial charge in [-0.2, -0.15) is 13.2 Å². The number of halogens is 3. The first-order valence-corrected chi connectivity index (χ1v) is 11.5. The van der Waals surface area contributed by atoms with Crippen LogP contribution in [0.4, 0.5) is 13.2 Å². The summed E-state index contributed by atoms with van der Waals surface area (Å²) in [5, 5.41) is 12.8. The normalized spacial score (nSPS) is 13.4. The van der Waals surface area contributed by atoms with E-state index in [2.05, 4.69) is 10.6 Å². The van der Waals surface area contributed by atoms with Crippen molar-refractivity contribution in [2.24, 2.45) is 11.7 Å². The summed E-state index contributed by atoms with van der Waals surface area (Å²) in [6.07, 6.45) is -4.54. The van der Waals surface area contributed by atoms with Crippen molar-refractivity contribution in [2.45, 2.75) is 44.6 Å². The van der Waals surface area contributed by atoms with Crippen LogP contribution in [0.1, 0.15) is 36.2 Å². The van der Waals surface area contributed by atoms with E-state index in [1.54, 1.807) is 24.3 Å². The highest BCUT2D eigenvalue weighted by Crippen LogP contribution is 2.15. The highest BCUT2D eigenvalue weighted by Gasteiger charge is 2.38. The Morgan fingerprint density at radius 1 is 0.974 bits per heavy atom. The van der Waals surface area contributed by atoms with Gasteiger partial charge in [-0.05, 0) is 17.9 Å². The van der Waals surface area contributed by atoms with Crippen molar-refractivity contribution in [3.63, 3.8) is 0 Å². The smallest absolute Gasteiger partial charge is 0.475 e. The first-order chi connectivity index (χ1) is 17.7. The second kappa shape index (κ2) is 14.8. The number of aliphatic carboxylic acids is 1.